The van der Waals surface area contributed by atoms with Gasteiger partial charge < -0.3 is 28.8 Å². The lowest BCUT2D eigenvalue weighted by Gasteiger charge is -2.41. The first kappa shape index (κ1) is 33.8. The Kier molecular flexibility index (Phi) is 9.23. The van der Waals surface area contributed by atoms with E-state index in [1.807, 2.05) is 38.1 Å². The van der Waals surface area contributed by atoms with E-state index in [9.17, 15) is 14.7 Å². The molecule has 0 unspecified atom stereocenters. The van der Waals surface area contributed by atoms with Crippen molar-refractivity contribution in [2.24, 2.45) is 0 Å². The first-order chi connectivity index (χ1) is 22.8. The zero-order chi connectivity index (χ0) is 34.4. The molecule has 254 valence electrons. The van der Waals surface area contributed by atoms with Crippen LogP contribution in [-0.4, -0.2) is 59.9 Å². The standard InChI is InChI=1S/C38H44N2O8/c1-22-8-14-29-27(18-22)38(28-19-23(2)9-15-30(28)47-29,26-12-10-25(11-13-26)37(4,5)6)46-21-31-32(41)33(45-17-16-44-7)35(48-31)40-20-24(3)34(42)39-36(40)43/h8-15,18-20,31-33,35,41H,16-17,21H2,1-7H3,(H,39,42,43)/t31-,32-,33-,35-/m1/s1. The fourth-order valence-electron chi connectivity index (χ4n) is 6.54. The van der Waals surface area contributed by atoms with Crippen LogP contribution in [0.15, 0.2) is 76.4 Å². The Labute approximate surface area is 280 Å². The Hall–Kier alpha value is -4.06. The van der Waals surface area contributed by atoms with Crippen LogP contribution < -0.4 is 16.0 Å². The number of methoxy groups -OCH3 is 1. The molecular formula is C38H44N2O8. The van der Waals surface area contributed by atoms with Gasteiger partial charge in [-0.2, -0.15) is 0 Å². The number of H-pyrrole nitrogens is 1. The second-order valence-electron chi connectivity index (χ2n) is 13.8. The predicted molar refractivity (Wildman–Crippen MR) is 181 cm³/mol. The van der Waals surface area contributed by atoms with E-state index in [0.717, 1.165) is 27.8 Å². The van der Waals surface area contributed by atoms with E-state index in [1.54, 1.807) is 14.0 Å². The molecular weight excluding hydrogens is 612 g/mol. The van der Waals surface area contributed by atoms with Gasteiger partial charge in [-0.25, -0.2) is 4.79 Å². The SMILES string of the molecule is COCCO[C@@H]1[C@H](O)[C@@H](COC2(c3ccc(C(C)(C)C)cc3)c3cc(C)ccc3Oc3ccc(C)cc32)O[C@H]1n1cc(C)c(=O)[nH]c1=O. The largest absolute Gasteiger partial charge is 0.457 e. The third-order valence-electron chi connectivity index (χ3n) is 9.20. The minimum Gasteiger partial charge on any atom is -0.457 e. The molecule has 0 amide bonds. The van der Waals surface area contributed by atoms with Crippen LogP contribution in [0.5, 0.6) is 11.5 Å². The molecule has 2 aliphatic rings. The molecule has 0 saturated carbocycles. The average Bonchev–Trinajstić information content (AvgIpc) is 3.35. The zero-order valence-corrected chi connectivity index (χ0v) is 28.5. The lowest BCUT2D eigenvalue weighted by Crippen LogP contribution is -2.42. The van der Waals surface area contributed by atoms with Crippen LogP contribution in [0.4, 0.5) is 0 Å². The molecule has 10 nitrogen and oxygen atoms in total. The number of nitrogens with one attached hydrogen (secondary N) is 1. The van der Waals surface area contributed by atoms with Gasteiger partial charge in [0.25, 0.3) is 5.56 Å². The number of aromatic nitrogens is 2. The number of ether oxygens (including phenoxy) is 5. The molecule has 4 aromatic rings. The van der Waals surface area contributed by atoms with Crippen LogP contribution in [0.25, 0.3) is 0 Å². The van der Waals surface area contributed by atoms with Crippen LogP contribution >= 0.6 is 0 Å². The molecule has 3 aromatic carbocycles. The number of rotatable bonds is 9. The van der Waals surface area contributed by atoms with E-state index in [-0.39, 0.29) is 25.2 Å². The minimum atomic E-state index is -1.18. The van der Waals surface area contributed by atoms with Crippen molar-refractivity contribution in [3.63, 3.8) is 0 Å². The Morgan fingerprint density at radius 2 is 1.54 bits per heavy atom. The van der Waals surface area contributed by atoms with Crippen molar-refractivity contribution in [2.75, 3.05) is 26.9 Å². The first-order valence-corrected chi connectivity index (χ1v) is 16.2. The number of aromatic amines is 1. The molecule has 1 saturated heterocycles. The number of hydrogen-bond acceptors (Lipinski definition) is 8. The quantitative estimate of drug-likeness (QED) is 0.237. The summed E-state index contributed by atoms with van der Waals surface area (Å²) in [6.45, 7) is 12.5. The van der Waals surface area contributed by atoms with Crippen molar-refractivity contribution < 1.29 is 28.8 Å². The van der Waals surface area contributed by atoms with Crippen molar-refractivity contribution >= 4 is 0 Å². The smallest absolute Gasteiger partial charge is 0.330 e. The van der Waals surface area contributed by atoms with Gasteiger partial charge >= 0.3 is 5.69 Å². The van der Waals surface area contributed by atoms with Gasteiger partial charge in [-0.3, -0.25) is 14.3 Å². The van der Waals surface area contributed by atoms with E-state index in [4.69, 9.17) is 23.7 Å². The second kappa shape index (κ2) is 13.1. The van der Waals surface area contributed by atoms with Crippen molar-refractivity contribution in [1.82, 2.24) is 9.55 Å². The summed E-state index contributed by atoms with van der Waals surface area (Å²) in [6.07, 6.45) is -2.65. The monoisotopic (exact) mass is 656 g/mol. The van der Waals surface area contributed by atoms with Gasteiger partial charge in [0.05, 0.1) is 19.8 Å². The topological polar surface area (TPSA) is 121 Å². The van der Waals surface area contributed by atoms with Gasteiger partial charge in [0.1, 0.15) is 29.8 Å². The van der Waals surface area contributed by atoms with Crippen molar-refractivity contribution in [2.45, 2.75) is 77.1 Å². The fourth-order valence-corrected chi connectivity index (χ4v) is 6.54. The van der Waals surface area contributed by atoms with Crippen LogP contribution in [0.3, 0.4) is 0 Å². The lowest BCUT2D eigenvalue weighted by atomic mass is 9.75. The van der Waals surface area contributed by atoms with Crippen LogP contribution in [-0.2, 0) is 30.0 Å². The summed E-state index contributed by atoms with van der Waals surface area (Å²) < 4.78 is 32.5. The van der Waals surface area contributed by atoms with Crippen molar-refractivity contribution in [1.29, 1.82) is 0 Å². The average molecular weight is 657 g/mol. The van der Waals surface area contributed by atoms with Crippen LogP contribution in [0, 0.1) is 20.8 Å². The molecule has 3 heterocycles. The van der Waals surface area contributed by atoms with Gasteiger partial charge in [0.2, 0.25) is 0 Å². The molecule has 6 rings (SSSR count). The lowest BCUT2D eigenvalue weighted by molar-refractivity contribution is -0.101. The summed E-state index contributed by atoms with van der Waals surface area (Å²) in [5.74, 6) is 1.33. The van der Waals surface area contributed by atoms with E-state index < -0.39 is 41.4 Å². The normalized spacial score (nSPS) is 21.4. The van der Waals surface area contributed by atoms with Gasteiger partial charge in [0, 0.05) is 30.0 Å². The molecule has 1 aromatic heterocycles. The van der Waals surface area contributed by atoms with E-state index in [1.165, 1.54) is 16.3 Å². The third kappa shape index (κ3) is 6.15. The van der Waals surface area contributed by atoms with Crippen molar-refractivity contribution in [3.8, 4) is 11.5 Å². The number of hydrogen-bond donors (Lipinski definition) is 2. The summed E-state index contributed by atoms with van der Waals surface area (Å²) in [4.78, 5) is 27.5. The summed E-state index contributed by atoms with van der Waals surface area (Å²) in [5, 5.41) is 11.7. The molecule has 48 heavy (non-hydrogen) atoms. The predicted octanol–water partition coefficient (Wildman–Crippen LogP) is 5.16. The number of aliphatic hydroxyl groups is 1. The highest BCUT2D eigenvalue weighted by Gasteiger charge is 2.50. The maximum atomic E-state index is 13.0. The Morgan fingerprint density at radius 3 is 2.12 bits per heavy atom. The number of fused-ring (bicyclic) bond motifs is 2. The zero-order valence-electron chi connectivity index (χ0n) is 28.5. The molecule has 0 aliphatic carbocycles. The Morgan fingerprint density at radius 1 is 0.917 bits per heavy atom. The van der Waals surface area contributed by atoms with Crippen LogP contribution in [0.2, 0.25) is 0 Å². The number of benzene rings is 3. The van der Waals surface area contributed by atoms with Gasteiger partial charge in [-0.1, -0.05) is 68.3 Å². The van der Waals surface area contributed by atoms with Gasteiger partial charge in [-0.05, 0) is 61.6 Å². The molecule has 0 spiro atoms. The number of aliphatic hydroxyl groups excluding tert-OH is 1. The molecule has 0 bridgehead atoms. The summed E-state index contributed by atoms with van der Waals surface area (Å²) in [6, 6.07) is 20.5. The minimum absolute atomic E-state index is 0.0575. The molecule has 2 N–H and O–H groups in total. The molecule has 10 heteroatoms. The van der Waals surface area contributed by atoms with Gasteiger partial charge in [-0.15, -0.1) is 0 Å². The highest BCUT2D eigenvalue weighted by atomic mass is 16.6. The maximum Gasteiger partial charge on any atom is 0.330 e. The van der Waals surface area contributed by atoms with E-state index in [0.29, 0.717) is 17.1 Å². The molecule has 1 fully saturated rings. The number of nitrogens with zero attached hydrogens (tertiary/aromatic N) is 1. The molecule has 4 atom stereocenters. The Balaban J connectivity index is 1.46. The summed E-state index contributed by atoms with van der Waals surface area (Å²) >= 11 is 0. The highest BCUT2D eigenvalue weighted by molar-refractivity contribution is 5.62. The van der Waals surface area contributed by atoms with Crippen LogP contribution in [0.1, 0.15) is 65.9 Å². The second-order valence-corrected chi connectivity index (χ2v) is 13.8. The molecule has 0 radical (unpaired) electrons. The molecule has 2 aliphatic heterocycles. The maximum absolute atomic E-state index is 13.0. The summed E-state index contributed by atoms with van der Waals surface area (Å²) in [5.41, 5.74) is 3.75. The fraction of sp³-hybridized carbons (Fsp3) is 0.421. The van der Waals surface area contributed by atoms with E-state index >= 15 is 0 Å². The third-order valence-corrected chi connectivity index (χ3v) is 9.20. The first-order valence-electron chi connectivity index (χ1n) is 16.2. The number of aryl methyl sites for hydroxylation is 3. The summed E-state index contributed by atoms with van der Waals surface area (Å²) in [7, 11) is 1.55. The van der Waals surface area contributed by atoms with E-state index in [2.05, 4.69) is 62.2 Å². The highest BCUT2D eigenvalue weighted by Crippen LogP contribution is 2.53. The van der Waals surface area contributed by atoms with Crippen molar-refractivity contribution in [3.05, 3.63) is 127 Å². The Bertz CT molecular complexity index is 1850. The van der Waals surface area contributed by atoms with Gasteiger partial charge in [0.15, 0.2) is 11.8 Å².